The molecule has 0 saturated carbocycles. The summed E-state index contributed by atoms with van der Waals surface area (Å²) in [6.07, 6.45) is -0.505. The van der Waals surface area contributed by atoms with E-state index >= 15 is 0 Å². The molecule has 0 aliphatic carbocycles. The summed E-state index contributed by atoms with van der Waals surface area (Å²) in [6.45, 7) is 8.47. The Balaban J connectivity index is 1.77. The molecule has 1 fully saturated rings. The third-order valence-electron chi connectivity index (χ3n) is 4.61. The number of hydrogen-bond donors (Lipinski definition) is 1. The zero-order valence-electron chi connectivity index (χ0n) is 17.8. The quantitative estimate of drug-likeness (QED) is 0.416. The van der Waals surface area contributed by atoms with Gasteiger partial charge in [-0.3, -0.25) is 0 Å². The van der Waals surface area contributed by atoms with E-state index in [2.05, 4.69) is 31.1 Å². The van der Waals surface area contributed by atoms with E-state index in [1.54, 1.807) is 36.0 Å². The minimum absolute atomic E-state index is 0.0137. The van der Waals surface area contributed by atoms with Crippen LogP contribution in [0.25, 0.3) is 0 Å². The standard InChI is InChI=1S/C24H28O4SSi/c1-18-10-12-20(13-11-18)29-21-16-24(28-23(21)26,14-15-30(2,3)4)17-27-22(25)19-8-6-5-7-9-19/h5-13,21,23,26H,16-17H2,1-4H3/t21-,23+,24+/m1/s1. The summed E-state index contributed by atoms with van der Waals surface area (Å²) in [6, 6.07) is 17.0. The Morgan fingerprint density at radius 1 is 1.20 bits per heavy atom. The lowest BCUT2D eigenvalue weighted by Gasteiger charge is -2.23. The third-order valence-corrected chi connectivity index (χ3v) is 6.74. The van der Waals surface area contributed by atoms with Crippen LogP contribution in [0.2, 0.25) is 19.6 Å². The van der Waals surface area contributed by atoms with Crippen LogP contribution in [0.5, 0.6) is 0 Å². The molecule has 0 aromatic heterocycles. The zero-order chi connectivity index (χ0) is 21.8. The number of ether oxygens (including phenoxy) is 2. The first-order valence-corrected chi connectivity index (χ1v) is 14.4. The second-order valence-electron chi connectivity index (χ2n) is 8.62. The highest BCUT2D eigenvalue weighted by molar-refractivity contribution is 8.00. The largest absolute Gasteiger partial charge is 0.458 e. The molecule has 0 radical (unpaired) electrons. The van der Waals surface area contributed by atoms with Crippen molar-refractivity contribution in [1.82, 2.24) is 0 Å². The van der Waals surface area contributed by atoms with Crippen molar-refractivity contribution in [3.63, 3.8) is 0 Å². The van der Waals surface area contributed by atoms with Gasteiger partial charge < -0.3 is 14.6 Å². The first-order valence-electron chi connectivity index (χ1n) is 10.0. The predicted molar refractivity (Wildman–Crippen MR) is 123 cm³/mol. The van der Waals surface area contributed by atoms with E-state index in [1.165, 1.54) is 5.56 Å². The maximum absolute atomic E-state index is 12.4. The van der Waals surface area contributed by atoms with Crippen molar-refractivity contribution in [1.29, 1.82) is 0 Å². The van der Waals surface area contributed by atoms with Gasteiger partial charge in [-0.1, -0.05) is 61.5 Å². The van der Waals surface area contributed by atoms with E-state index in [9.17, 15) is 9.90 Å². The number of rotatable bonds is 5. The summed E-state index contributed by atoms with van der Waals surface area (Å²) < 4.78 is 11.5. The third kappa shape index (κ3) is 6.23. The van der Waals surface area contributed by atoms with Crippen LogP contribution in [0.15, 0.2) is 59.5 Å². The zero-order valence-corrected chi connectivity index (χ0v) is 19.7. The molecule has 158 valence electrons. The van der Waals surface area contributed by atoms with Crippen LogP contribution in [0.4, 0.5) is 0 Å². The van der Waals surface area contributed by atoms with Crippen LogP contribution in [0.3, 0.4) is 0 Å². The lowest BCUT2D eigenvalue weighted by atomic mass is 10.0. The number of carbonyl (C=O) groups is 1. The van der Waals surface area contributed by atoms with Gasteiger partial charge in [0.15, 0.2) is 11.9 Å². The smallest absolute Gasteiger partial charge is 0.338 e. The Kier molecular flexibility index (Phi) is 7.09. The normalized spacial score (nSPS) is 23.5. The Hall–Kier alpha value is -2.04. The van der Waals surface area contributed by atoms with Crippen LogP contribution < -0.4 is 0 Å². The van der Waals surface area contributed by atoms with Crippen molar-refractivity contribution in [2.45, 2.75) is 55.0 Å². The van der Waals surface area contributed by atoms with Crippen LogP contribution in [0.1, 0.15) is 22.3 Å². The molecule has 0 bridgehead atoms. The van der Waals surface area contributed by atoms with E-state index in [4.69, 9.17) is 9.47 Å². The molecule has 3 rings (SSSR count). The van der Waals surface area contributed by atoms with Gasteiger partial charge in [-0.05, 0) is 31.2 Å². The fraction of sp³-hybridized carbons (Fsp3) is 0.375. The Morgan fingerprint density at radius 2 is 1.87 bits per heavy atom. The second-order valence-corrected chi connectivity index (χ2v) is 14.7. The summed E-state index contributed by atoms with van der Waals surface area (Å²) in [4.78, 5) is 13.5. The number of hydrogen-bond acceptors (Lipinski definition) is 5. The number of aryl methyl sites for hydroxylation is 1. The molecule has 0 spiro atoms. The summed E-state index contributed by atoms with van der Waals surface area (Å²) in [7, 11) is -1.69. The van der Waals surface area contributed by atoms with Crippen molar-refractivity contribution < 1.29 is 19.4 Å². The van der Waals surface area contributed by atoms with Gasteiger partial charge in [0.2, 0.25) is 0 Å². The highest BCUT2D eigenvalue weighted by Crippen LogP contribution is 2.40. The van der Waals surface area contributed by atoms with Gasteiger partial charge in [0.05, 0.1) is 10.8 Å². The van der Waals surface area contributed by atoms with Gasteiger partial charge in [0, 0.05) is 11.3 Å². The highest BCUT2D eigenvalue weighted by atomic mass is 32.2. The highest BCUT2D eigenvalue weighted by Gasteiger charge is 2.47. The number of esters is 1. The first-order chi connectivity index (χ1) is 14.2. The van der Waals surface area contributed by atoms with E-state index in [1.807, 2.05) is 37.3 Å². The molecule has 1 aliphatic rings. The summed E-state index contributed by atoms with van der Waals surface area (Å²) >= 11 is 1.56. The fourth-order valence-corrected chi connectivity index (χ4v) is 4.79. The van der Waals surface area contributed by atoms with Gasteiger partial charge >= 0.3 is 5.97 Å². The van der Waals surface area contributed by atoms with Gasteiger partial charge in [0.1, 0.15) is 14.7 Å². The monoisotopic (exact) mass is 440 g/mol. The minimum Gasteiger partial charge on any atom is -0.458 e. The Bertz CT molecular complexity index is 928. The molecule has 0 amide bonds. The lowest BCUT2D eigenvalue weighted by Crippen LogP contribution is -2.35. The molecule has 1 heterocycles. The Morgan fingerprint density at radius 3 is 2.50 bits per heavy atom. The van der Waals surface area contributed by atoms with Gasteiger partial charge in [-0.25, -0.2) is 4.79 Å². The van der Waals surface area contributed by atoms with Crippen molar-refractivity contribution >= 4 is 25.8 Å². The molecule has 4 nitrogen and oxygen atoms in total. The van der Waals surface area contributed by atoms with Crippen LogP contribution in [0, 0.1) is 18.4 Å². The van der Waals surface area contributed by atoms with E-state index in [0.717, 1.165) is 4.90 Å². The topological polar surface area (TPSA) is 55.8 Å². The van der Waals surface area contributed by atoms with E-state index < -0.39 is 25.9 Å². The molecular formula is C24H28O4SSi. The molecule has 2 aromatic carbocycles. The maximum Gasteiger partial charge on any atom is 0.338 e. The minimum atomic E-state index is -1.69. The predicted octanol–water partition coefficient (Wildman–Crippen LogP) is 4.67. The van der Waals surface area contributed by atoms with Gasteiger partial charge in [-0.15, -0.1) is 17.3 Å². The van der Waals surface area contributed by atoms with Crippen molar-refractivity contribution in [2.24, 2.45) is 0 Å². The van der Waals surface area contributed by atoms with E-state index in [-0.39, 0.29) is 11.9 Å². The molecule has 30 heavy (non-hydrogen) atoms. The van der Waals surface area contributed by atoms with Crippen LogP contribution in [-0.4, -0.2) is 42.9 Å². The molecule has 1 saturated heterocycles. The van der Waals surface area contributed by atoms with Crippen LogP contribution >= 0.6 is 11.8 Å². The van der Waals surface area contributed by atoms with Crippen LogP contribution in [-0.2, 0) is 9.47 Å². The second kappa shape index (κ2) is 9.40. The molecule has 1 aliphatic heterocycles. The van der Waals surface area contributed by atoms with Crippen molar-refractivity contribution in [3.8, 4) is 11.5 Å². The molecule has 1 N–H and O–H groups in total. The maximum atomic E-state index is 12.4. The average molecular weight is 441 g/mol. The number of aliphatic hydroxyl groups is 1. The number of benzene rings is 2. The number of carbonyl (C=O) groups excluding carboxylic acids is 1. The molecule has 0 unspecified atom stereocenters. The van der Waals surface area contributed by atoms with Crippen molar-refractivity contribution in [2.75, 3.05) is 6.61 Å². The Labute approximate surface area is 184 Å². The number of thioether (sulfide) groups is 1. The van der Waals surface area contributed by atoms with Gasteiger partial charge in [-0.2, -0.15) is 0 Å². The van der Waals surface area contributed by atoms with Gasteiger partial charge in [0.25, 0.3) is 0 Å². The van der Waals surface area contributed by atoms with Crippen molar-refractivity contribution in [3.05, 3.63) is 65.7 Å². The molecule has 6 heteroatoms. The average Bonchev–Trinajstić information content (AvgIpc) is 3.02. The summed E-state index contributed by atoms with van der Waals surface area (Å²) in [5.41, 5.74) is 3.99. The number of aliphatic hydroxyl groups excluding tert-OH is 1. The molecule has 3 atom stereocenters. The fourth-order valence-electron chi connectivity index (χ4n) is 3.02. The first kappa shape index (κ1) is 22.6. The molecule has 2 aromatic rings. The lowest BCUT2D eigenvalue weighted by molar-refractivity contribution is -0.128. The SMILES string of the molecule is Cc1ccc(S[C@@H]2C[C@@](C#C[Si](C)(C)C)(COC(=O)c3ccccc3)O[C@@H]2O)cc1. The summed E-state index contributed by atoms with van der Waals surface area (Å²) in [5.74, 6) is 2.82. The molecular weight excluding hydrogens is 412 g/mol. The van der Waals surface area contributed by atoms with E-state index in [0.29, 0.717) is 12.0 Å². The summed E-state index contributed by atoms with van der Waals surface area (Å²) in [5, 5.41) is 10.4.